The standard InChI is InChI=1S/C21H21ClN6O4S/c1-12-4-9-16(28(31)32)10-17(12)24-18(29)11-33-21-26-25-19(27(21)3)13(2)23-20(30)14-5-7-15(22)8-6-14/h4-10,13H,11H2,1-3H3,(H,23,30)(H,24,29)/t13-/m0/s1. The summed E-state index contributed by atoms with van der Waals surface area (Å²) < 4.78 is 1.70. The van der Waals surface area contributed by atoms with E-state index in [-0.39, 0.29) is 23.3 Å². The van der Waals surface area contributed by atoms with E-state index in [9.17, 15) is 19.7 Å². The highest BCUT2D eigenvalue weighted by Crippen LogP contribution is 2.23. The maximum absolute atomic E-state index is 12.4. The summed E-state index contributed by atoms with van der Waals surface area (Å²) in [6.45, 7) is 3.53. The molecule has 1 heterocycles. The summed E-state index contributed by atoms with van der Waals surface area (Å²) in [5, 5.41) is 25.8. The molecule has 2 N–H and O–H groups in total. The maximum Gasteiger partial charge on any atom is 0.271 e. The van der Waals surface area contributed by atoms with Crippen LogP contribution in [0.15, 0.2) is 47.6 Å². The van der Waals surface area contributed by atoms with Gasteiger partial charge in [-0.05, 0) is 43.7 Å². The summed E-state index contributed by atoms with van der Waals surface area (Å²) in [4.78, 5) is 35.2. The van der Waals surface area contributed by atoms with Crippen molar-refractivity contribution in [3.8, 4) is 0 Å². The lowest BCUT2D eigenvalue weighted by Crippen LogP contribution is -2.28. The van der Waals surface area contributed by atoms with Crippen molar-refractivity contribution in [2.45, 2.75) is 25.0 Å². The number of carbonyl (C=O) groups is 2. The van der Waals surface area contributed by atoms with E-state index in [0.29, 0.717) is 32.8 Å². The smallest absolute Gasteiger partial charge is 0.271 e. The Bertz CT molecular complexity index is 1200. The molecule has 0 radical (unpaired) electrons. The Hall–Kier alpha value is -3.44. The Kier molecular flexibility index (Phi) is 7.67. The molecule has 1 aromatic heterocycles. The molecule has 0 saturated heterocycles. The number of benzene rings is 2. The average molecular weight is 489 g/mol. The summed E-state index contributed by atoms with van der Waals surface area (Å²) in [5.74, 6) is -0.0605. The van der Waals surface area contributed by atoms with Crippen molar-refractivity contribution < 1.29 is 14.5 Å². The molecule has 172 valence electrons. The molecular weight excluding hydrogens is 468 g/mol. The Morgan fingerprint density at radius 3 is 2.58 bits per heavy atom. The normalized spacial score (nSPS) is 11.6. The molecule has 33 heavy (non-hydrogen) atoms. The number of nitro benzene ring substituents is 1. The van der Waals surface area contributed by atoms with Crippen LogP contribution in [0, 0.1) is 17.0 Å². The van der Waals surface area contributed by atoms with Gasteiger partial charge in [0.2, 0.25) is 5.91 Å². The largest absolute Gasteiger partial charge is 0.342 e. The van der Waals surface area contributed by atoms with Crippen LogP contribution < -0.4 is 10.6 Å². The summed E-state index contributed by atoms with van der Waals surface area (Å²) >= 11 is 7.02. The van der Waals surface area contributed by atoms with E-state index in [4.69, 9.17) is 11.6 Å². The second-order valence-electron chi connectivity index (χ2n) is 7.20. The van der Waals surface area contributed by atoms with Gasteiger partial charge in [0, 0.05) is 29.8 Å². The number of amides is 2. The molecule has 0 saturated carbocycles. The lowest BCUT2D eigenvalue weighted by atomic mass is 10.2. The number of thioether (sulfide) groups is 1. The predicted molar refractivity (Wildman–Crippen MR) is 126 cm³/mol. The first-order valence-electron chi connectivity index (χ1n) is 9.79. The van der Waals surface area contributed by atoms with Crippen molar-refractivity contribution in [2.24, 2.45) is 7.05 Å². The fraction of sp³-hybridized carbons (Fsp3) is 0.238. The number of rotatable bonds is 8. The van der Waals surface area contributed by atoms with Crippen LogP contribution in [0.3, 0.4) is 0 Å². The highest BCUT2D eigenvalue weighted by molar-refractivity contribution is 7.99. The van der Waals surface area contributed by atoms with E-state index in [0.717, 1.165) is 11.8 Å². The SMILES string of the molecule is Cc1ccc([N+](=O)[O-])cc1NC(=O)CSc1nnc([C@H](C)NC(=O)c2ccc(Cl)cc2)n1C. The third-order valence-electron chi connectivity index (χ3n) is 4.75. The van der Waals surface area contributed by atoms with E-state index in [1.807, 2.05) is 0 Å². The van der Waals surface area contributed by atoms with Crippen LogP contribution in [0.5, 0.6) is 0 Å². The first-order valence-corrected chi connectivity index (χ1v) is 11.2. The van der Waals surface area contributed by atoms with Crippen LogP contribution in [0.25, 0.3) is 0 Å². The number of halogens is 1. The molecule has 0 spiro atoms. The van der Waals surface area contributed by atoms with Gasteiger partial charge in [0.15, 0.2) is 11.0 Å². The first-order chi connectivity index (χ1) is 15.7. The van der Waals surface area contributed by atoms with Crippen molar-refractivity contribution in [1.29, 1.82) is 0 Å². The van der Waals surface area contributed by atoms with Crippen LogP contribution in [0.4, 0.5) is 11.4 Å². The predicted octanol–water partition coefficient (Wildman–Crippen LogP) is 3.91. The molecule has 12 heteroatoms. The molecule has 2 amide bonds. The number of aromatic nitrogens is 3. The number of aryl methyl sites for hydroxylation is 1. The van der Waals surface area contributed by atoms with Crippen molar-refractivity contribution in [2.75, 3.05) is 11.1 Å². The zero-order valence-corrected chi connectivity index (χ0v) is 19.6. The molecular formula is C21H21ClN6O4S. The fourth-order valence-corrected chi connectivity index (χ4v) is 3.79. The minimum Gasteiger partial charge on any atom is -0.342 e. The summed E-state index contributed by atoms with van der Waals surface area (Å²) in [7, 11) is 1.74. The molecule has 1 atom stereocenters. The average Bonchev–Trinajstić information content (AvgIpc) is 3.14. The Balaban J connectivity index is 1.60. The lowest BCUT2D eigenvalue weighted by Gasteiger charge is -2.13. The first kappa shape index (κ1) is 24.2. The minimum atomic E-state index is -0.516. The maximum atomic E-state index is 12.4. The monoisotopic (exact) mass is 488 g/mol. The Morgan fingerprint density at radius 2 is 1.91 bits per heavy atom. The molecule has 0 unspecified atom stereocenters. The molecule has 3 aromatic rings. The van der Waals surface area contributed by atoms with Crippen LogP contribution in [0.1, 0.15) is 34.7 Å². The number of hydrogen-bond donors (Lipinski definition) is 2. The van der Waals surface area contributed by atoms with Gasteiger partial charge in [0.25, 0.3) is 11.6 Å². The second-order valence-corrected chi connectivity index (χ2v) is 8.57. The molecule has 0 fully saturated rings. The van der Waals surface area contributed by atoms with Gasteiger partial charge in [-0.25, -0.2) is 0 Å². The van der Waals surface area contributed by atoms with E-state index in [1.165, 1.54) is 12.1 Å². The number of hydrogen-bond acceptors (Lipinski definition) is 7. The van der Waals surface area contributed by atoms with Gasteiger partial charge >= 0.3 is 0 Å². The van der Waals surface area contributed by atoms with E-state index < -0.39 is 11.0 Å². The molecule has 0 aliphatic carbocycles. The molecule has 3 rings (SSSR count). The topological polar surface area (TPSA) is 132 Å². The van der Waals surface area contributed by atoms with Gasteiger partial charge in [-0.15, -0.1) is 10.2 Å². The zero-order valence-electron chi connectivity index (χ0n) is 18.0. The van der Waals surface area contributed by atoms with Crippen LogP contribution in [0.2, 0.25) is 5.02 Å². The van der Waals surface area contributed by atoms with E-state index in [2.05, 4.69) is 20.8 Å². The fourth-order valence-electron chi connectivity index (χ4n) is 2.95. The van der Waals surface area contributed by atoms with Gasteiger partial charge in [-0.2, -0.15) is 0 Å². The van der Waals surface area contributed by atoms with E-state index in [1.54, 1.807) is 55.8 Å². The molecule has 0 aliphatic rings. The summed E-state index contributed by atoms with van der Waals surface area (Å²) in [6, 6.07) is 10.4. The van der Waals surface area contributed by atoms with E-state index >= 15 is 0 Å². The quantitative estimate of drug-likeness (QED) is 0.279. The van der Waals surface area contributed by atoms with Gasteiger partial charge in [-0.3, -0.25) is 19.7 Å². The number of nitrogens with zero attached hydrogens (tertiary/aromatic N) is 4. The van der Waals surface area contributed by atoms with Crippen LogP contribution in [-0.2, 0) is 11.8 Å². The van der Waals surface area contributed by atoms with Gasteiger partial charge in [0.1, 0.15) is 0 Å². The number of nitrogens with one attached hydrogen (secondary N) is 2. The van der Waals surface area contributed by atoms with Crippen molar-refractivity contribution in [3.63, 3.8) is 0 Å². The molecule has 0 bridgehead atoms. The lowest BCUT2D eigenvalue weighted by molar-refractivity contribution is -0.384. The number of nitro groups is 1. The third-order valence-corrected chi connectivity index (χ3v) is 6.02. The zero-order chi connectivity index (χ0) is 24.1. The van der Waals surface area contributed by atoms with Crippen LogP contribution in [-0.4, -0.2) is 37.3 Å². The summed E-state index contributed by atoms with van der Waals surface area (Å²) in [5.41, 5.74) is 1.46. The molecule has 10 nitrogen and oxygen atoms in total. The molecule has 0 aliphatic heterocycles. The van der Waals surface area contributed by atoms with Crippen molar-refractivity contribution in [1.82, 2.24) is 20.1 Å². The second kappa shape index (κ2) is 10.5. The van der Waals surface area contributed by atoms with Gasteiger partial charge < -0.3 is 15.2 Å². The minimum absolute atomic E-state index is 0.0274. The number of carbonyl (C=O) groups excluding carboxylic acids is 2. The highest BCUT2D eigenvalue weighted by atomic mass is 35.5. The molecule has 2 aromatic carbocycles. The Morgan fingerprint density at radius 1 is 1.21 bits per heavy atom. The van der Waals surface area contributed by atoms with Gasteiger partial charge in [0.05, 0.1) is 22.4 Å². The van der Waals surface area contributed by atoms with Crippen molar-refractivity contribution in [3.05, 3.63) is 74.6 Å². The van der Waals surface area contributed by atoms with Crippen molar-refractivity contribution >= 4 is 46.6 Å². The third kappa shape index (κ3) is 6.08. The summed E-state index contributed by atoms with van der Waals surface area (Å²) in [6.07, 6.45) is 0. The van der Waals surface area contributed by atoms with Crippen LogP contribution >= 0.6 is 23.4 Å². The highest BCUT2D eigenvalue weighted by Gasteiger charge is 2.19. The van der Waals surface area contributed by atoms with Gasteiger partial charge in [-0.1, -0.05) is 29.4 Å². The Labute approximate surface area is 198 Å². The number of anilines is 1. The number of non-ortho nitro benzene ring substituents is 1.